The Morgan fingerprint density at radius 3 is 3.14 bits per heavy atom. The molecule has 0 radical (unpaired) electrons. The van der Waals surface area contributed by atoms with E-state index in [4.69, 9.17) is 4.74 Å². The first-order valence-corrected chi connectivity index (χ1v) is 8.32. The Hall–Kier alpha value is -1.67. The smallest absolute Gasteiger partial charge is 0.256 e. The Kier molecular flexibility index (Phi) is 4.58. The summed E-state index contributed by atoms with van der Waals surface area (Å²) >= 11 is 1.36. The number of hydrogen-bond donors (Lipinski definition) is 1. The number of ether oxygens (including phenoxy) is 1. The number of fused-ring (bicyclic) bond motifs is 1. The van der Waals surface area contributed by atoms with Crippen molar-refractivity contribution in [2.45, 2.75) is 37.9 Å². The van der Waals surface area contributed by atoms with Crippen LogP contribution in [0, 0.1) is 13.8 Å². The number of hydrogen-bond acceptors (Lipinski definition) is 6. The minimum atomic E-state index is -0.0185. The number of nitrogens with zero attached hydrogens (tertiary/aromatic N) is 4. The van der Waals surface area contributed by atoms with E-state index in [1.165, 1.54) is 11.8 Å². The summed E-state index contributed by atoms with van der Waals surface area (Å²) in [5, 5.41) is 11.8. The lowest BCUT2D eigenvalue weighted by atomic mass is 10.2. The highest BCUT2D eigenvalue weighted by Crippen LogP contribution is 2.18. The fourth-order valence-corrected chi connectivity index (χ4v) is 3.32. The highest BCUT2D eigenvalue weighted by molar-refractivity contribution is 7.99. The molecule has 0 aromatic carbocycles. The first kappa shape index (κ1) is 15.2. The van der Waals surface area contributed by atoms with E-state index in [2.05, 4.69) is 20.5 Å². The normalized spacial score (nSPS) is 18.0. The van der Waals surface area contributed by atoms with Crippen LogP contribution < -0.4 is 5.32 Å². The topological polar surface area (TPSA) is 81.4 Å². The second-order valence-corrected chi connectivity index (χ2v) is 6.33. The van der Waals surface area contributed by atoms with Crippen molar-refractivity contribution in [1.29, 1.82) is 0 Å². The van der Waals surface area contributed by atoms with Gasteiger partial charge in [0.05, 0.1) is 11.9 Å². The van der Waals surface area contributed by atoms with Crippen molar-refractivity contribution in [1.82, 2.24) is 24.9 Å². The SMILES string of the molecule is Cc1cc(C)n2c(SCC(=O)NC[C@H]3CCCO3)nnc2n1. The van der Waals surface area contributed by atoms with Crippen molar-refractivity contribution in [2.75, 3.05) is 18.9 Å². The number of nitrogens with one attached hydrogen (secondary N) is 1. The van der Waals surface area contributed by atoms with E-state index >= 15 is 0 Å². The molecule has 2 aromatic rings. The number of aromatic nitrogens is 4. The Morgan fingerprint density at radius 1 is 1.50 bits per heavy atom. The van der Waals surface area contributed by atoms with Gasteiger partial charge in [-0.3, -0.25) is 9.20 Å². The van der Waals surface area contributed by atoms with Gasteiger partial charge in [0.2, 0.25) is 5.91 Å². The van der Waals surface area contributed by atoms with E-state index in [-0.39, 0.29) is 12.0 Å². The van der Waals surface area contributed by atoms with Crippen LogP contribution in [0.4, 0.5) is 0 Å². The van der Waals surface area contributed by atoms with Gasteiger partial charge in [0.1, 0.15) is 0 Å². The predicted octanol–water partition coefficient (Wildman–Crippen LogP) is 1.13. The minimum Gasteiger partial charge on any atom is -0.376 e. The summed E-state index contributed by atoms with van der Waals surface area (Å²) in [4.78, 5) is 16.2. The van der Waals surface area contributed by atoms with Crippen molar-refractivity contribution in [3.8, 4) is 0 Å². The largest absolute Gasteiger partial charge is 0.376 e. The van der Waals surface area contributed by atoms with E-state index in [9.17, 15) is 4.79 Å². The van der Waals surface area contributed by atoms with Crippen LogP contribution in [0.5, 0.6) is 0 Å². The molecule has 8 heteroatoms. The lowest BCUT2D eigenvalue weighted by Gasteiger charge is -2.10. The van der Waals surface area contributed by atoms with Crippen LogP contribution in [0.25, 0.3) is 5.78 Å². The summed E-state index contributed by atoms with van der Waals surface area (Å²) in [6.07, 6.45) is 2.26. The number of rotatable bonds is 5. The molecule has 22 heavy (non-hydrogen) atoms. The number of carbonyl (C=O) groups is 1. The molecule has 0 aliphatic carbocycles. The predicted molar refractivity (Wildman–Crippen MR) is 83.0 cm³/mol. The molecular weight excluding hydrogens is 302 g/mol. The van der Waals surface area contributed by atoms with Crippen LogP contribution in [0.3, 0.4) is 0 Å². The van der Waals surface area contributed by atoms with E-state index < -0.39 is 0 Å². The molecule has 3 rings (SSSR count). The van der Waals surface area contributed by atoms with Crippen LogP contribution in [0.2, 0.25) is 0 Å². The van der Waals surface area contributed by atoms with Crippen LogP contribution in [0.1, 0.15) is 24.2 Å². The van der Waals surface area contributed by atoms with Gasteiger partial charge in [-0.1, -0.05) is 11.8 Å². The van der Waals surface area contributed by atoms with Crippen LogP contribution in [-0.4, -0.2) is 50.5 Å². The standard InChI is InChI=1S/C14H19N5O2S/c1-9-6-10(2)19-13(16-9)17-18-14(19)22-8-12(20)15-7-11-4-3-5-21-11/h6,11H,3-5,7-8H2,1-2H3,(H,15,20)/t11-/m1/s1. The molecule has 1 amide bonds. The first-order chi connectivity index (χ1) is 10.6. The zero-order valence-electron chi connectivity index (χ0n) is 12.7. The third-order valence-corrected chi connectivity index (χ3v) is 4.48. The van der Waals surface area contributed by atoms with Gasteiger partial charge in [0.15, 0.2) is 5.16 Å². The van der Waals surface area contributed by atoms with E-state index in [0.29, 0.717) is 23.2 Å². The average Bonchev–Trinajstić information content (AvgIpc) is 3.12. The number of aryl methyl sites for hydroxylation is 2. The molecule has 1 N–H and O–H groups in total. The maximum Gasteiger partial charge on any atom is 0.256 e. The van der Waals surface area contributed by atoms with Gasteiger partial charge >= 0.3 is 0 Å². The number of amides is 1. The molecule has 118 valence electrons. The second-order valence-electron chi connectivity index (χ2n) is 5.38. The van der Waals surface area contributed by atoms with Gasteiger partial charge in [-0.05, 0) is 32.8 Å². The monoisotopic (exact) mass is 321 g/mol. The zero-order valence-corrected chi connectivity index (χ0v) is 13.5. The van der Waals surface area contributed by atoms with Crippen molar-refractivity contribution in [2.24, 2.45) is 0 Å². The van der Waals surface area contributed by atoms with Crippen molar-refractivity contribution >= 4 is 23.4 Å². The Bertz CT molecular complexity index is 681. The molecule has 7 nitrogen and oxygen atoms in total. The Labute approximate surface area is 132 Å². The van der Waals surface area contributed by atoms with Gasteiger partial charge in [-0.25, -0.2) is 4.98 Å². The first-order valence-electron chi connectivity index (χ1n) is 7.34. The highest BCUT2D eigenvalue weighted by atomic mass is 32.2. The molecule has 1 fully saturated rings. The Balaban J connectivity index is 1.58. The van der Waals surface area contributed by atoms with Crippen LogP contribution >= 0.6 is 11.8 Å². The third kappa shape index (κ3) is 3.38. The highest BCUT2D eigenvalue weighted by Gasteiger charge is 2.17. The van der Waals surface area contributed by atoms with Gasteiger partial charge in [0, 0.05) is 24.5 Å². The molecule has 0 bridgehead atoms. The molecule has 2 aromatic heterocycles. The van der Waals surface area contributed by atoms with E-state index in [1.54, 1.807) is 0 Å². The van der Waals surface area contributed by atoms with Gasteiger partial charge in [0.25, 0.3) is 5.78 Å². The molecule has 3 heterocycles. The third-order valence-electron chi connectivity index (χ3n) is 3.55. The summed E-state index contributed by atoms with van der Waals surface area (Å²) in [6, 6.07) is 1.97. The van der Waals surface area contributed by atoms with Crippen molar-refractivity contribution in [3.63, 3.8) is 0 Å². The van der Waals surface area contributed by atoms with Gasteiger partial charge in [-0.2, -0.15) is 0 Å². The van der Waals surface area contributed by atoms with Crippen LogP contribution in [-0.2, 0) is 9.53 Å². The molecular formula is C14H19N5O2S. The fraction of sp³-hybridized carbons (Fsp3) is 0.571. The molecule has 1 aliphatic rings. The van der Waals surface area contributed by atoms with Gasteiger partial charge in [-0.15, -0.1) is 10.2 Å². The Morgan fingerprint density at radius 2 is 2.36 bits per heavy atom. The zero-order chi connectivity index (χ0) is 15.5. The lowest BCUT2D eigenvalue weighted by Crippen LogP contribution is -2.32. The van der Waals surface area contributed by atoms with Crippen molar-refractivity contribution in [3.05, 3.63) is 17.5 Å². The maximum atomic E-state index is 11.9. The van der Waals surface area contributed by atoms with E-state index in [1.807, 2.05) is 24.3 Å². The summed E-state index contributed by atoms with van der Waals surface area (Å²) < 4.78 is 7.35. The van der Waals surface area contributed by atoms with Gasteiger partial charge < -0.3 is 10.1 Å². The summed E-state index contributed by atoms with van der Waals surface area (Å²) in [5.74, 6) is 0.857. The summed E-state index contributed by atoms with van der Waals surface area (Å²) in [5.41, 5.74) is 1.91. The lowest BCUT2D eigenvalue weighted by molar-refractivity contribution is -0.119. The second kappa shape index (κ2) is 6.62. The van der Waals surface area contributed by atoms with Crippen LogP contribution in [0.15, 0.2) is 11.2 Å². The summed E-state index contributed by atoms with van der Waals surface area (Å²) in [7, 11) is 0. The fourth-order valence-electron chi connectivity index (χ4n) is 2.51. The van der Waals surface area contributed by atoms with Crippen molar-refractivity contribution < 1.29 is 9.53 Å². The molecule has 1 aliphatic heterocycles. The maximum absolute atomic E-state index is 11.9. The summed E-state index contributed by atoms with van der Waals surface area (Å²) in [6.45, 7) is 5.28. The molecule has 1 atom stereocenters. The molecule has 0 unspecified atom stereocenters. The molecule has 0 saturated carbocycles. The number of carbonyl (C=O) groups excluding carboxylic acids is 1. The molecule has 1 saturated heterocycles. The average molecular weight is 321 g/mol. The number of thioether (sulfide) groups is 1. The molecule has 0 spiro atoms. The quantitative estimate of drug-likeness (QED) is 0.831. The van der Waals surface area contributed by atoms with E-state index in [0.717, 1.165) is 30.8 Å². The minimum absolute atomic E-state index is 0.0185.